The number of fused-ring (bicyclic) bond motifs is 1. The molecule has 2 aromatic carbocycles. The van der Waals surface area contributed by atoms with Gasteiger partial charge in [0, 0.05) is 15.7 Å². The Morgan fingerprint density at radius 3 is 2.58 bits per heavy atom. The van der Waals surface area contributed by atoms with Crippen LogP contribution in [0.15, 0.2) is 40.9 Å². The molecule has 1 nitrogen and oxygen atoms in total. The molecule has 0 aromatic heterocycles. The summed E-state index contributed by atoms with van der Waals surface area (Å²) in [6.07, 6.45) is 1.49. The SMILES string of the molecule is Fc1ccc(C2CCc3c(F)cc(Br)cc3N2)cc1. The van der Waals surface area contributed by atoms with Crippen LogP contribution < -0.4 is 5.32 Å². The van der Waals surface area contributed by atoms with Crippen molar-refractivity contribution in [1.29, 1.82) is 0 Å². The van der Waals surface area contributed by atoms with Gasteiger partial charge in [-0.05, 0) is 42.7 Å². The van der Waals surface area contributed by atoms with E-state index in [2.05, 4.69) is 21.2 Å². The number of halogens is 3. The van der Waals surface area contributed by atoms with Crippen molar-refractivity contribution in [2.24, 2.45) is 0 Å². The second kappa shape index (κ2) is 4.93. The lowest BCUT2D eigenvalue weighted by Crippen LogP contribution is -2.19. The first-order valence-corrected chi connectivity index (χ1v) is 6.93. The minimum absolute atomic E-state index is 0.0989. The van der Waals surface area contributed by atoms with Gasteiger partial charge in [0.15, 0.2) is 0 Å². The molecule has 0 fully saturated rings. The van der Waals surface area contributed by atoms with Gasteiger partial charge in [-0.2, -0.15) is 0 Å². The molecule has 1 heterocycles. The van der Waals surface area contributed by atoms with Gasteiger partial charge >= 0.3 is 0 Å². The molecular formula is C15H12BrF2N. The van der Waals surface area contributed by atoms with Crippen molar-refractivity contribution in [2.45, 2.75) is 18.9 Å². The van der Waals surface area contributed by atoms with Crippen molar-refractivity contribution in [2.75, 3.05) is 5.32 Å². The van der Waals surface area contributed by atoms with E-state index < -0.39 is 0 Å². The smallest absolute Gasteiger partial charge is 0.129 e. The summed E-state index contributed by atoms with van der Waals surface area (Å²) in [5, 5.41) is 3.32. The highest BCUT2D eigenvalue weighted by molar-refractivity contribution is 9.10. The largest absolute Gasteiger partial charge is 0.378 e. The van der Waals surface area contributed by atoms with Gasteiger partial charge in [0.2, 0.25) is 0 Å². The monoisotopic (exact) mass is 323 g/mol. The van der Waals surface area contributed by atoms with Crippen molar-refractivity contribution >= 4 is 21.6 Å². The summed E-state index contributed by atoms with van der Waals surface area (Å²) in [4.78, 5) is 0. The number of nitrogens with one attached hydrogen (secondary N) is 1. The normalized spacial score (nSPS) is 17.7. The van der Waals surface area contributed by atoms with Crippen LogP contribution in [0.5, 0.6) is 0 Å². The van der Waals surface area contributed by atoms with Crippen LogP contribution in [0.4, 0.5) is 14.5 Å². The highest BCUT2D eigenvalue weighted by Gasteiger charge is 2.22. The molecule has 3 rings (SSSR count). The molecule has 98 valence electrons. The predicted molar refractivity (Wildman–Crippen MR) is 75.2 cm³/mol. The Hall–Kier alpha value is -1.42. The Morgan fingerprint density at radius 2 is 1.84 bits per heavy atom. The molecular weight excluding hydrogens is 312 g/mol. The lowest BCUT2D eigenvalue weighted by Gasteiger charge is -2.28. The van der Waals surface area contributed by atoms with Crippen molar-refractivity contribution in [1.82, 2.24) is 0 Å². The molecule has 1 aliphatic heterocycles. The fourth-order valence-electron chi connectivity index (χ4n) is 2.48. The minimum Gasteiger partial charge on any atom is -0.378 e. The number of hydrogen-bond acceptors (Lipinski definition) is 1. The Morgan fingerprint density at radius 1 is 1.11 bits per heavy atom. The van der Waals surface area contributed by atoms with Crippen LogP contribution in [0.3, 0.4) is 0 Å². The molecule has 1 unspecified atom stereocenters. The van der Waals surface area contributed by atoms with E-state index in [1.165, 1.54) is 18.2 Å². The first kappa shape index (κ1) is 12.6. The van der Waals surface area contributed by atoms with Gasteiger partial charge in [-0.3, -0.25) is 0 Å². The first-order chi connectivity index (χ1) is 9.13. The summed E-state index contributed by atoms with van der Waals surface area (Å²) >= 11 is 3.30. The Labute approximate surface area is 118 Å². The molecule has 0 radical (unpaired) electrons. The molecule has 1 aliphatic rings. The van der Waals surface area contributed by atoms with Gasteiger partial charge in [-0.1, -0.05) is 28.1 Å². The number of rotatable bonds is 1. The molecule has 0 amide bonds. The molecule has 1 N–H and O–H groups in total. The van der Waals surface area contributed by atoms with Gasteiger partial charge in [-0.25, -0.2) is 8.78 Å². The van der Waals surface area contributed by atoms with Gasteiger partial charge < -0.3 is 5.32 Å². The van der Waals surface area contributed by atoms with E-state index in [-0.39, 0.29) is 17.7 Å². The topological polar surface area (TPSA) is 12.0 Å². The minimum atomic E-state index is -0.242. The molecule has 0 aliphatic carbocycles. The van der Waals surface area contributed by atoms with Crippen molar-refractivity contribution in [3.63, 3.8) is 0 Å². The highest BCUT2D eigenvalue weighted by atomic mass is 79.9. The van der Waals surface area contributed by atoms with Crippen LogP contribution in [0.25, 0.3) is 0 Å². The van der Waals surface area contributed by atoms with Crippen LogP contribution in [-0.2, 0) is 6.42 Å². The summed E-state index contributed by atoms with van der Waals surface area (Å²) in [5.41, 5.74) is 2.56. The molecule has 0 saturated carbocycles. The average molecular weight is 324 g/mol. The Balaban J connectivity index is 1.91. The van der Waals surface area contributed by atoms with Gasteiger partial charge in [0.1, 0.15) is 11.6 Å². The molecule has 2 aromatic rings. The molecule has 0 saturated heterocycles. The molecule has 19 heavy (non-hydrogen) atoms. The zero-order valence-electron chi connectivity index (χ0n) is 10.1. The third kappa shape index (κ3) is 2.50. The third-order valence-corrected chi connectivity index (χ3v) is 3.90. The third-order valence-electron chi connectivity index (χ3n) is 3.45. The van der Waals surface area contributed by atoms with Crippen molar-refractivity contribution in [3.8, 4) is 0 Å². The second-order valence-electron chi connectivity index (χ2n) is 4.70. The summed E-state index contributed by atoms with van der Waals surface area (Å²) in [5.74, 6) is -0.428. The van der Waals surface area contributed by atoms with Gasteiger partial charge in [0.05, 0.1) is 6.04 Å². The molecule has 0 spiro atoms. The van der Waals surface area contributed by atoms with E-state index in [4.69, 9.17) is 0 Å². The zero-order valence-corrected chi connectivity index (χ0v) is 11.7. The summed E-state index contributed by atoms with van der Waals surface area (Å²) in [7, 11) is 0. The van der Waals surface area contributed by atoms with Crippen LogP contribution in [0, 0.1) is 11.6 Å². The van der Waals surface area contributed by atoms with E-state index in [1.54, 1.807) is 12.1 Å². The standard InChI is InChI=1S/C15H12BrF2N/c16-10-7-13(18)12-5-6-14(19-15(12)8-10)9-1-3-11(17)4-2-9/h1-4,7-8,14,19H,5-6H2. The first-order valence-electron chi connectivity index (χ1n) is 6.13. The summed E-state index contributed by atoms with van der Waals surface area (Å²) in [6, 6.07) is 9.91. The number of hydrogen-bond donors (Lipinski definition) is 1. The van der Waals surface area contributed by atoms with Crippen LogP contribution in [-0.4, -0.2) is 0 Å². The average Bonchev–Trinajstić information content (AvgIpc) is 2.38. The van der Waals surface area contributed by atoms with Crippen LogP contribution >= 0.6 is 15.9 Å². The summed E-state index contributed by atoms with van der Waals surface area (Å²) in [6.45, 7) is 0. The van der Waals surface area contributed by atoms with Crippen molar-refractivity contribution in [3.05, 3.63) is 63.6 Å². The lowest BCUT2D eigenvalue weighted by molar-refractivity contribution is 0.580. The second-order valence-corrected chi connectivity index (χ2v) is 5.62. The van der Waals surface area contributed by atoms with E-state index >= 15 is 0 Å². The fraction of sp³-hybridized carbons (Fsp3) is 0.200. The zero-order chi connectivity index (χ0) is 13.4. The molecule has 0 bridgehead atoms. The Bertz CT molecular complexity index is 610. The molecule has 4 heteroatoms. The van der Waals surface area contributed by atoms with E-state index in [1.807, 2.05) is 6.07 Å². The van der Waals surface area contributed by atoms with Gasteiger partial charge in [-0.15, -0.1) is 0 Å². The van der Waals surface area contributed by atoms with Crippen molar-refractivity contribution < 1.29 is 8.78 Å². The number of anilines is 1. The maximum atomic E-state index is 13.8. The number of benzene rings is 2. The Kier molecular flexibility index (Phi) is 3.27. The van der Waals surface area contributed by atoms with Crippen LogP contribution in [0.1, 0.15) is 23.6 Å². The lowest BCUT2D eigenvalue weighted by atomic mass is 9.93. The van der Waals surface area contributed by atoms with Crippen LogP contribution in [0.2, 0.25) is 0 Å². The predicted octanol–water partition coefficient (Wildman–Crippen LogP) is 4.83. The van der Waals surface area contributed by atoms with Gasteiger partial charge in [0.25, 0.3) is 0 Å². The maximum Gasteiger partial charge on any atom is 0.129 e. The van der Waals surface area contributed by atoms with E-state index in [0.717, 1.165) is 27.7 Å². The quantitative estimate of drug-likeness (QED) is 0.792. The van der Waals surface area contributed by atoms with E-state index in [0.29, 0.717) is 6.42 Å². The van der Waals surface area contributed by atoms with E-state index in [9.17, 15) is 8.78 Å². The molecule has 1 atom stereocenters. The fourth-order valence-corrected chi connectivity index (χ4v) is 2.91. The summed E-state index contributed by atoms with van der Waals surface area (Å²) < 4.78 is 27.4. The highest BCUT2D eigenvalue weighted by Crippen LogP contribution is 2.35. The maximum absolute atomic E-state index is 13.8.